The topological polar surface area (TPSA) is 101 Å². The van der Waals surface area contributed by atoms with Crippen LogP contribution in [0.5, 0.6) is 5.75 Å². The van der Waals surface area contributed by atoms with Gasteiger partial charge in [0, 0.05) is 16.5 Å². The average molecular weight is 430 g/mol. The summed E-state index contributed by atoms with van der Waals surface area (Å²) in [5.41, 5.74) is 4.31. The molecule has 154 valence electrons. The van der Waals surface area contributed by atoms with Crippen LogP contribution in [0.4, 0.5) is 5.13 Å². The lowest BCUT2D eigenvalue weighted by atomic mass is 10.1. The highest BCUT2D eigenvalue weighted by atomic mass is 32.1. The molecule has 1 amide bonds. The van der Waals surface area contributed by atoms with Crippen LogP contribution in [-0.4, -0.2) is 16.0 Å². The minimum atomic E-state index is -0.260. The molecule has 0 aliphatic carbocycles. The predicted molar refractivity (Wildman–Crippen MR) is 117 cm³/mol. The molecule has 0 spiro atoms. The van der Waals surface area contributed by atoms with Crippen LogP contribution < -0.4 is 10.1 Å². The van der Waals surface area contributed by atoms with Gasteiger partial charge in [-0.1, -0.05) is 17.3 Å². The number of aryl methyl sites for hydroxylation is 2. The number of hydrogen-bond donors (Lipinski definition) is 1. The second-order valence-electron chi connectivity index (χ2n) is 6.80. The number of ether oxygens (including phenoxy) is 1. The number of nitriles is 1. The Bertz CT molecular complexity index is 1250. The molecule has 0 aliphatic rings. The third kappa shape index (κ3) is 4.63. The van der Waals surface area contributed by atoms with E-state index in [1.807, 2.05) is 25.3 Å². The first-order valence-corrected chi connectivity index (χ1v) is 10.3. The molecule has 8 heteroatoms. The van der Waals surface area contributed by atoms with E-state index in [1.165, 1.54) is 11.3 Å². The van der Waals surface area contributed by atoms with Crippen LogP contribution in [-0.2, 0) is 6.61 Å². The van der Waals surface area contributed by atoms with E-state index in [-0.39, 0.29) is 5.91 Å². The minimum absolute atomic E-state index is 0.260. The van der Waals surface area contributed by atoms with Gasteiger partial charge in [0.05, 0.1) is 28.6 Å². The number of thiazole rings is 1. The second kappa shape index (κ2) is 8.81. The van der Waals surface area contributed by atoms with Gasteiger partial charge in [-0.3, -0.25) is 10.1 Å². The molecule has 4 rings (SSSR count). The van der Waals surface area contributed by atoms with Crippen LogP contribution in [0.1, 0.15) is 32.9 Å². The summed E-state index contributed by atoms with van der Waals surface area (Å²) in [5.74, 6) is 1.12. The first-order valence-electron chi connectivity index (χ1n) is 9.45. The number of nitrogens with zero attached hydrogens (tertiary/aromatic N) is 3. The third-order valence-corrected chi connectivity index (χ3v) is 5.45. The van der Waals surface area contributed by atoms with E-state index in [0.29, 0.717) is 34.3 Å². The zero-order valence-corrected chi connectivity index (χ0v) is 17.7. The number of rotatable bonds is 6. The van der Waals surface area contributed by atoms with Crippen molar-refractivity contribution < 1.29 is 14.1 Å². The summed E-state index contributed by atoms with van der Waals surface area (Å²) >= 11 is 1.33. The van der Waals surface area contributed by atoms with Gasteiger partial charge in [-0.2, -0.15) is 5.26 Å². The van der Waals surface area contributed by atoms with Crippen molar-refractivity contribution in [2.24, 2.45) is 0 Å². The van der Waals surface area contributed by atoms with Crippen molar-refractivity contribution in [1.82, 2.24) is 10.1 Å². The van der Waals surface area contributed by atoms with E-state index in [4.69, 9.17) is 14.5 Å². The molecule has 2 heterocycles. The number of anilines is 1. The van der Waals surface area contributed by atoms with Crippen molar-refractivity contribution >= 4 is 22.4 Å². The summed E-state index contributed by atoms with van der Waals surface area (Å²) in [4.78, 5) is 17.0. The number of amides is 1. The predicted octanol–water partition coefficient (Wildman–Crippen LogP) is 5.12. The van der Waals surface area contributed by atoms with Crippen LogP contribution in [0.25, 0.3) is 11.3 Å². The highest BCUT2D eigenvalue weighted by Crippen LogP contribution is 2.26. The van der Waals surface area contributed by atoms with E-state index in [9.17, 15) is 4.79 Å². The van der Waals surface area contributed by atoms with Crippen molar-refractivity contribution in [3.05, 3.63) is 82.1 Å². The van der Waals surface area contributed by atoms with Crippen LogP contribution in [0.15, 0.2) is 58.4 Å². The number of aromatic nitrogens is 2. The van der Waals surface area contributed by atoms with Crippen LogP contribution in [0.3, 0.4) is 0 Å². The molecule has 0 fully saturated rings. The van der Waals surface area contributed by atoms with Gasteiger partial charge in [0.1, 0.15) is 18.1 Å². The SMILES string of the molecule is Cc1noc(C)c1COc1ccc(C(=O)Nc2nc(-c3cccc(C#N)c3)cs2)cc1. The van der Waals surface area contributed by atoms with Gasteiger partial charge in [0.2, 0.25) is 0 Å². The Morgan fingerprint density at radius 1 is 1.23 bits per heavy atom. The van der Waals surface area contributed by atoms with E-state index in [1.54, 1.807) is 42.5 Å². The molecule has 0 bridgehead atoms. The number of benzene rings is 2. The number of carbonyl (C=O) groups excluding carboxylic acids is 1. The number of carbonyl (C=O) groups is 1. The maximum Gasteiger partial charge on any atom is 0.257 e. The highest BCUT2D eigenvalue weighted by molar-refractivity contribution is 7.14. The van der Waals surface area contributed by atoms with Crippen LogP contribution in [0, 0.1) is 25.2 Å². The molecule has 31 heavy (non-hydrogen) atoms. The van der Waals surface area contributed by atoms with Crippen LogP contribution >= 0.6 is 11.3 Å². The molecule has 0 unspecified atom stereocenters. The largest absolute Gasteiger partial charge is 0.489 e. The normalized spacial score (nSPS) is 10.5. The summed E-state index contributed by atoms with van der Waals surface area (Å²) in [6.07, 6.45) is 0. The summed E-state index contributed by atoms with van der Waals surface area (Å²) in [5, 5.41) is 18.1. The molecular weight excluding hydrogens is 412 g/mol. The smallest absolute Gasteiger partial charge is 0.257 e. The fourth-order valence-electron chi connectivity index (χ4n) is 2.95. The zero-order valence-electron chi connectivity index (χ0n) is 16.9. The Kier molecular flexibility index (Phi) is 5.78. The maximum atomic E-state index is 12.6. The Hall–Kier alpha value is -3.96. The molecule has 0 radical (unpaired) electrons. The third-order valence-electron chi connectivity index (χ3n) is 4.69. The van der Waals surface area contributed by atoms with Gasteiger partial charge < -0.3 is 9.26 Å². The average Bonchev–Trinajstić information content (AvgIpc) is 3.39. The number of hydrogen-bond acceptors (Lipinski definition) is 7. The molecule has 7 nitrogen and oxygen atoms in total. The van der Waals surface area contributed by atoms with E-state index in [0.717, 1.165) is 22.6 Å². The monoisotopic (exact) mass is 430 g/mol. The molecule has 2 aromatic carbocycles. The van der Waals surface area contributed by atoms with Crippen molar-refractivity contribution in [2.75, 3.05) is 5.32 Å². The summed E-state index contributed by atoms with van der Waals surface area (Å²) in [7, 11) is 0. The van der Waals surface area contributed by atoms with Crippen LogP contribution in [0.2, 0.25) is 0 Å². The molecule has 1 N–H and O–H groups in total. The summed E-state index contributed by atoms with van der Waals surface area (Å²) in [6, 6.07) is 16.2. The second-order valence-corrected chi connectivity index (χ2v) is 7.66. The Balaban J connectivity index is 1.39. The van der Waals surface area contributed by atoms with Gasteiger partial charge >= 0.3 is 0 Å². The lowest BCUT2D eigenvalue weighted by Crippen LogP contribution is -2.11. The van der Waals surface area contributed by atoms with Crippen molar-refractivity contribution in [1.29, 1.82) is 5.26 Å². The van der Waals surface area contributed by atoms with Gasteiger partial charge in [-0.25, -0.2) is 4.98 Å². The molecule has 0 atom stereocenters. The van der Waals surface area contributed by atoms with E-state index < -0.39 is 0 Å². The fraction of sp³-hybridized carbons (Fsp3) is 0.130. The summed E-state index contributed by atoms with van der Waals surface area (Å²) < 4.78 is 10.9. The molecule has 0 saturated carbocycles. The van der Waals surface area contributed by atoms with Crippen molar-refractivity contribution in [3.8, 4) is 23.1 Å². The first kappa shape index (κ1) is 20.3. The fourth-order valence-corrected chi connectivity index (χ4v) is 3.66. The Morgan fingerprint density at radius 2 is 2.03 bits per heavy atom. The molecule has 4 aromatic rings. The molecular formula is C23H18N4O3S. The highest BCUT2D eigenvalue weighted by Gasteiger charge is 2.12. The van der Waals surface area contributed by atoms with Gasteiger partial charge in [-0.05, 0) is 50.2 Å². The Morgan fingerprint density at radius 3 is 2.74 bits per heavy atom. The Labute approximate surface area is 182 Å². The lowest BCUT2D eigenvalue weighted by molar-refractivity contribution is 0.102. The molecule has 0 aliphatic heterocycles. The van der Waals surface area contributed by atoms with Crippen molar-refractivity contribution in [2.45, 2.75) is 20.5 Å². The number of nitrogens with one attached hydrogen (secondary N) is 1. The van der Waals surface area contributed by atoms with Gasteiger partial charge in [0.25, 0.3) is 5.91 Å². The summed E-state index contributed by atoms with van der Waals surface area (Å²) in [6.45, 7) is 4.06. The van der Waals surface area contributed by atoms with Gasteiger partial charge in [0.15, 0.2) is 5.13 Å². The van der Waals surface area contributed by atoms with Crippen molar-refractivity contribution in [3.63, 3.8) is 0 Å². The van der Waals surface area contributed by atoms with E-state index >= 15 is 0 Å². The lowest BCUT2D eigenvalue weighted by Gasteiger charge is -2.07. The zero-order chi connectivity index (χ0) is 21.8. The van der Waals surface area contributed by atoms with E-state index in [2.05, 4.69) is 21.5 Å². The molecule has 0 saturated heterocycles. The first-order chi connectivity index (χ1) is 15.0. The molecule has 2 aromatic heterocycles. The quantitative estimate of drug-likeness (QED) is 0.456. The standard InChI is InChI=1S/C23H18N4O3S/c1-14-20(15(2)30-27-14)12-29-19-8-6-17(7-9-19)22(28)26-23-25-21(13-31-23)18-5-3-4-16(10-18)11-24/h3-10,13H,12H2,1-2H3,(H,25,26,28). The van der Waals surface area contributed by atoms with Gasteiger partial charge in [-0.15, -0.1) is 11.3 Å². The maximum absolute atomic E-state index is 12.6. The minimum Gasteiger partial charge on any atom is -0.489 e.